The van der Waals surface area contributed by atoms with Gasteiger partial charge in [-0.1, -0.05) is 18.2 Å². The molecule has 10 heteroatoms. The van der Waals surface area contributed by atoms with Crippen LogP contribution in [0.25, 0.3) is 6.08 Å². The van der Waals surface area contributed by atoms with E-state index in [1.807, 2.05) is 0 Å². The largest absolute Gasteiger partial charge is 0.573 e. The van der Waals surface area contributed by atoms with Crippen LogP contribution in [0.15, 0.2) is 72.8 Å². The highest BCUT2D eigenvalue weighted by molar-refractivity contribution is 5.91. The predicted molar refractivity (Wildman–Crippen MR) is 119 cm³/mol. The highest BCUT2D eigenvalue weighted by atomic mass is 19.4. The Morgan fingerprint density at radius 3 is 2.15 bits per heavy atom. The number of nitrogen functional groups attached to an aromatic ring is 2. The fraction of sp³-hybridized carbons (Fsp3) is 0.0833. The molecule has 3 aromatic rings. The van der Waals surface area contributed by atoms with Gasteiger partial charge in [0.05, 0.1) is 5.56 Å². The lowest BCUT2D eigenvalue weighted by Gasteiger charge is -2.09. The summed E-state index contributed by atoms with van der Waals surface area (Å²) in [5.41, 5.74) is 13.7. The lowest BCUT2D eigenvalue weighted by Crippen LogP contribution is -2.17. The van der Waals surface area contributed by atoms with Crippen molar-refractivity contribution in [2.75, 3.05) is 11.5 Å². The molecule has 3 aromatic carbocycles. The molecule has 0 aliphatic heterocycles. The quantitative estimate of drug-likeness (QED) is 0.221. The van der Waals surface area contributed by atoms with Crippen molar-refractivity contribution in [1.82, 2.24) is 0 Å². The molecule has 0 aliphatic rings. The van der Waals surface area contributed by atoms with E-state index in [0.29, 0.717) is 22.5 Å². The molecule has 0 atom stereocenters. The zero-order valence-corrected chi connectivity index (χ0v) is 17.5. The Labute approximate surface area is 192 Å². The minimum absolute atomic E-state index is 0.00646. The fourth-order valence-corrected chi connectivity index (χ4v) is 2.71. The lowest BCUT2D eigenvalue weighted by atomic mass is 10.2. The molecule has 0 radical (unpaired) electrons. The molecule has 0 aromatic heterocycles. The van der Waals surface area contributed by atoms with Gasteiger partial charge in [-0.15, -0.1) is 13.2 Å². The Morgan fingerprint density at radius 1 is 0.882 bits per heavy atom. The summed E-state index contributed by atoms with van der Waals surface area (Å²) in [5.74, 6) is -1.58. The van der Waals surface area contributed by atoms with Gasteiger partial charge in [-0.3, -0.25) is 0 Å². The van der Waals surface area contributed by atoms with E-state index in [4.69, 9.17) is 20.9 Å². The Kier molecular flexibility index (Phi) is 7.42. The van der Waals surface area contributed by atoms with Crippen LogP contribution in [0.4, 0.5) is 24.5 Å². The van der Waals surface area contributed by atoms with E-state index in [0.717, 1.165) is 24.3 Å². The fourth-order valence-electron chi connectivity index (χ4n) is 2.71. The Hall–Kier alpha value is -4.47. The van der Waals surface area contributed by atoms with Gasteiger partial charge in [0.2, 0.25) is 0 Å². The lowest BCUT2D eigenvalue weighted by molar-refractivity contribution is -0.274. The van der Waals surface area contributed by atoms with E-state index in [2.05, 4.69) is 4.74 Å². The molecule has 0 saturated carbocycles. The van der Waals surface area contributed by atoms with Crippen molar-refractivity contribution in [3.63, 3.8) is 0 Å². The molecule has 3 rings (SSSR count). The number of benzene rings is 3. The van der Waals surface area contributed by atoms with Crippen LogP contribution in [0.2, 0.25) is 0 Å². The van der Waals surface area contributed by atoms with Crippen molar-refractivity contribution in [2.45, 2.75) is 13.0 Å². The van der Waals surface area contributed by atoms with Crippen molar-refractivity contribution >= 4 is 29.4 Å². The van der Waals surface area contributed by atoms with Crippen molar-refractivity contribution in [2.24, 2.45) is 0 Å². The molecule has 0 fully saturated rings. The zero-order chi connectivity index (χ0) is 24.7. The highest BCUT2D eigenvalue weighted by Crippen LogP contribution is 2.23. The van der Waals surface area contributed by atoms with Crippen LogP contribution >= 0.6 is 0 Å². The van der Waals surface area contributed by atoms with E-state index in [1.54, 1.807) is 30.3 Å². The summed E-state index contributed by atoms with van der Waals surface area (Å²) in [5, 5.41) is 0. The summed E-state index contributed by atoms with van der Waals surface area (Å²) in [6.45, 7) is -0.00646. The first-order valence-electron chi connectivity index (χ1n) is 9.76. The summed E-state index contributed by atoms with van der Waals surface area (Å²) in [6.07, 6.45) is -2.07. The van der Waals surface area contributed by atoms with Crippen LogP contribution in [0.5, 0.6) is 11.5 Å². The standard InChI is InChI=1S/C24H19F3N2O5/c25-24(26,27)34-20-10-5-16(6-11-20)23(31)33-19-8-1-15(2-9-19)3-12-22(30)32-14-17-4-7-18(28)13-21(17)29/h1-13H,14,28-29H2/b12-3+. The maximum absolute atomic E-state index is 12.2. The predicted octanol–water partition coefficient (Wildman–Crippen LogP) is 4.73. The molecule has 0 heterocycles. The molecule has 34 heavy (non-hydrogen) atoms. The Morgan fingerprint density at radius 2 is 1.53 bits per heavy atom. The Balaban J connectivity index is 1.51. The maximum Gasteiger partial charge on any atom is 0.573 e. The first kappa shape index (κ1) is 24.2. The molecular formula is C24H19F3N2O5. The third kappa shape index (κ3) is 7.30. The van der Waals surface area contributed by atoms with E-state index < -0.39 is 24.1 Å². The zero-order valence-electron chi connectivity index (χ0n) is 17.5. The number of esters is 2. The second kappa shape index (κ2) is 10.4. The first-order chi connectivity index (χ1) is 16.1. The van der Waals surface area contributed by atoms with Crippen molar-refractivity contribution < 1.29 is 37.0 Å². The number of nitrogens with two attached hydrogens (primary N) is 2. The third-order valence-corrected chi connectivity index (χ3v) is 4.37. The summed E-state index contributed by atoms with van der Waals surface area (Å²) in [6, 6.07) is 15.4. The summed E-state index contributed by atoms with van der Waals surface area (Å²) < 4.78 is 50.7. The minimum Gasteiger partial charge on any atom is -0.458 e. The summed E-state index contributed by atoms with van der Waals surface area (Å²) in [4.78, 5) is 24.1. The second-order valence-corrected chi connectivity index (χ2v) is 6.93. The summed E-state index contributed by atoms with van der Waals surface area (Å²) in [7, 11) is 0. The number of hydrogen-bond donors (Lipinski definition) is 2. The topological polar surface area (TPSA) is 114 Å². The second-order valence-electron chi connectivity index (χ2n) is 6.93. The normalized spacial score (nSPS) is 11.3. The van der Waals surface area contributed by atoms with Crippen LogP contribution < -0.4 is 20.9 Å². The van der Waals surface area contributed by atoms with E-state index in [9.17, 15) is 22.8 Å². The number of alkyl halides is 3. The van der Waals surface area contributed by atoms with Crippen LogP contribution in [-0.2, 0) is 16.1 Å². The number of hydrogen-bond acceptors (Lipinski definition) is 7. The van der Waals surface area contributed by atoms with Crippen LogP contribution in [0, 0.1) is 0 Å². The third-order valence-electron chi connectivity index (χ3n) is 4.37. The summed E-state index contributed by atoms with van der Waals surface area (Å²) >= 11 is 0. The van der Waals surface area contributed by atoms with Crippen LogP contribution in [0.1, 0.15) is 21.5 Å². The van der Waals surface area contributed by atoms with Crippen LogP contribution in [0.3, 0.4) is 0 Å². The molecule has 7 nitrogen and oxygen atoms in total. The molecule has 4 N–H and O–H groups in total. The SMILES string of the molecule is Nc1ccc(COC(=O)/C=C/c2ccc(OC(=O)c3ccc(OC(F)(F)F)cc3)cc2)c(N)c1. The molecule has 0 aliphatic carbocycles. The first-order valence-corrected chi connectivity index (χ1v) is 9.76. The molecule has 176 valence electrons. The Bertz CT molecular complexity index is 1190. The average Bonchev–Trinajstić information content (AvgIpc) is 2.77. The van der Waals surface area contributed by atoms with Gasteiger partial charge in [0, 0.05) is 23.0 Å². The van der Waals surface area contributed by atoms with E-state index in [1.165, 1.54) is 24.3 Å². The number of carbonyl (C=O) groups is 2. The molecule has 0 unspecified atom stereocenters. The number of carbonyl (C=O) groups excluding carboxylic acids is 2. The number of anilines is 2. The van der Waals surface area contributed by atoms with E-state index in [-0.39, 0.29) is 17.9 Å². The van der Waals surface area contributed by atoms with Crippen LogP contribution in [-0.4, -0.2) is 18.3 Å². The van der Waals surface area contributed by atoms with Gasteiger partial charge in [-0.05, 0) is 60.2 Å². The maximum atomic E-state index is 12.2. The number of halogens is 3. The van der Waals surface area contributed by atoms with Gasteiger partial charge in [-0.2, -0.15) is 0 Å². The van der Waals surface area contributed by atoms with Gasteiger partial charge < -0.3 is 25.7 Å². The molecule has 0 bridgehead atoms. The van der Waals surface area contributed by atoms with Gasteiger partial charge in [0.1, 0.15) is 18.1 Å². The average molecular weight is 472 g/mol. The molecule has 0 spiro atoms. The minimum atomic E-state index is -4.82. The van der Waals surface area contributed by atoms with Crippen molar-refractivity contribution in [1.29, 1.82) is 0 Å². The number of rotatable bonds is 7. The van der Waals surface area contributed by atoms with Gasteiger partial charge in [0.15, 0.2) is 0 Å². The van der Waals surface area contributed by atoms with Crippen molar-refractivity contribution in [3.8, 4) is 11.5 Å². The molecule has 0 saturated heterocycles. The van der Waals surface area contributed by atoms with Gasteiger partial charge in [-0.25, -0.2) is 9.59 Å². The van der Waals surface area contributed by atoms with Gasteiger partial charge in [0.25, 0.3) is 0 Å². The van der Waals surface area contributed by atoms with Crippen molar-refractivity contribution in [3.05, 3.63) is 89.5 Å². The van der Waals surface area contributed by atoms with Gasteiger partial charge >= 0.3 is 18.3 Å². The smallest absolute Gasteiger partial charge is 0.458 e. The van der Waals surface area contributed by atoms with E-state index >= 15 is 0 Å². The highest BCUT2D eigenvalue weighted by Gasteiger charge is 2.31. The molecular weight excluding hydrogens is 453 g/mol. The monoisotopic (exact) mass is 472 g/mol. The number of ether oxygens (including phenoxy) is 3. The molecule has 0 amide bonds.